The quantitative estimate of drug-likeness (QED) is 0.192. The highest BCUT2D eigenvalue weighted by atomic mass is 16.4. The van der Waals surface area contributed by atoms with Gasteiger partial charge < -0.3 is 43.4 Å². The molecule has 0 aliphatic carbocycles. The van der Waals surface area contributed by atoms with Crippen LogP contribution in [0.15, 0.2) is 30.3 Å². The summed E-state index contributed by atoms with van der Waals surface area (Å²) in [5.41, 5.74) is 21.6. The molecule has 12 heteroatoms. The lowest BCUT2D eigenvalue weighted by Gasteiger charge is -2.04. The second-order valence-electron chi connectivity index (χ2n) is 6.41. The van der Waals surface area contributed by atoms with Gasteiger partial charge in [0.05, 0.1) is 6.42 Å². The maximum Gasteiger partial charge on any atom is 0.321 e. The number of benzene rings is 1. The lowest BCUT2D eigenvalue weighted by Crippen LogP contribution is -2.32. The van der Waals surface area contributed by atoms with Crippen molar-refractivity contribution in [2.75, 3.05) is 6.54 Å². The molecule has 3 atom stereocenters. The third-order valence-corrected chi connectivity index (χ3v) is 3.61. The van der Waals surface area contributed by atoms with Gasteiger partial charge in [0.1, 0.15) is 18.1 Å². The Morgan fingerprint density at radius 3 is 1.58 bits per heavy atom. The summed E-state index contributed by atoms with van der Waals surface area (Å²) in [6, 6.07) is 6.54. The smallest absolute Gasteiger partial charge is 0.321 e. The van der Waals surface area contributed by atoms with Crippen LogP contribution >= 0.6 is 0 Å². The Bertz CT molecular complexity index is 672. The van der Waals surface area contributed by atoms with Crippen LogP contribution in [0.2, 0.25) is 0 Å². The third-order valence-electron chi connectivity index (χ3n) is 3.61. The second kappa shape index (κ2) is 17.8. The van der Waals surface area contributed by atoms with Crippen LogP contribution < -0.4 is 22.9 Å². The molecule has 0 fully saturated rings. The van der Waals surface area contributed by atoms with E-state index in [9.17, 15) is 19.2 Å². The minimum atomic E-state index is -1.29. The van der Waals surface area contributed by atoms with Crippen molar-refractivity contribution >= 4 is 23.9 Å². The first kappa shape index (κ1) is 30.1. The molecule has 0 radical (unpaired) electrons. The molecule has 0 bridgehead atoms. The molecule has 176 valence electrons. The summed E-state index contributed by atoms with van der Waals surface area (Å²) < 4.78 is 0. The van der Waals surface area contributed by atoms with E-state index >= 15 is 0 Å². The van der Waals surface area contributed by atoms with Crippen LogP contribution in [0, 0.1) is 0 Å². The van der Waals surface area contributed by atoms with Crippen molar-refractivity contribution in [3.05, 3.63) is 35.9 Å². The number of unbranched alkanes of at least 4 members (excludes halogenated alkanes) is 1. The molecule has 0 heterocycles. The zero-order valence-corrected chi connectivity index (χ0v) is 17.1. The molecule has 1 rings (SSSR count). The zero-order chi connectivity index (χ0) is 24.4. The SMILES string of the molecule is NCCCC[C@H](N)C(=O)O.N[C@@H](CC(=O)O)C(=O)O.N[C@@H](Cc1ccccc1)C(=O)O. The van der Waals surface area contributed by atoms with Gasteiger partial charge in [0, 0.05) is 0 Å². The van der Waals surface area contributed by atoms with Crippen molar-refractivity contribution < 1.29 is 39.6 Å². The molecule has 31 heavy (non-hydrogen) atoms. The van der Waals surface area contributed by atoms with Crippen LogP contribution in [0.3, 0.4) is 0 Å². The highest BCUT2D eigenvalue weighted by molar-refractivity contribution is 5.80. The summed E-state index contributed by atoms with van der Waals surface area (Å²) in [6.07, 6.45) is 2.02. The van der Waals surface area contributed by atoms with Gasteiger partial charge in [-0.25, -0.2) is 0 Å². The number of hydrogen-bond acceptors (Lipinski definition) is 8. The number of carbonyl (C=O) groups is 4. The van der Waals surface area contributed by atoms with Gasteiger partial charge in [-0.2, -0.15) is 0 Å². The van der Waals surface area contributed by atoms with E-state index in [4.69, 9.17) is 43.4 Å². The summed E-state index contributed by atoms with van der Waals surface area (Å²) in [5.74, 6) is -4.39. The highest BCUT2D eigenvalue weighted by Gasteiger charge is 2.14. The van der Waals surface area contributed by atoms with Crippen molar-refractivity contribution in [2.24, 2.45) is 22.9 Å². The van der Waals surface area contributed by atoms with Crippen molar-refractivity contribution in [1.82, 2.24) is 0 Å². The van der Waals surface area contributed by atoms with Crippen LogP contribution in [-0.2, 0) is 25.6 Å². The van der Waals surface area contributed by atoms with Gasteiger partial charge in [0.2, 0.25) is 0 Å². The fourth-order valence-electron chi connectivity index (χ4n) is 1.86. The number of carboxylic acids is 4. The Balaban J connectivity index is 0. The van der Waals surface area contributed by atoms with Gasteiger partial charge in [0.25, 0.3) is 0 Å². The summed E-state index contributed by atoms with van der Waals surface area (Å²) >= 11 is 0. The Morgan fingerprint density at radius 1 is 0.742 bits per heavy atom. The average molecular weight is 444 g/mol. The van der Waals surface area contributed by atoms with Crippen molar-refractivity contribution in [1.29, 1.82) is 0 Å². The largest absolute Gasteiger partial charge is 0.481 e. The van der Waals surface area contributed by atoms with Crippen molar-refractivity contribution in [2.45, 2.75) is 50.2 Å². The van der Waals surface area contributed by atoms with Gasteiger partial charge in [-0.05, 0) is 31.4 Å². The molecule has 0 spiro atoms. The monoisotopic (exact) mass is 444 g/mol. The molecule has 0 unspecified atom stereocenters. The number of hydrogen-bond donors (Lipinski definition) is 8. The normalized spacial score (nSPS) is 12.6. The Labute approximate surface area is 179 Å². The van der Waals surface area contributed by atoms with Gasteiger partial charge in [-0.1, -0.05) is 36.8 Å². The maximum absolute atomic E-state index is 10.4. The Hall–Kier alpha value is -3.06. The summed E-state index contributed by atoms with van der Waals surface area (Å²) in [6.45, 7) is 0.604. The van der Waals surface area contributed by atoms with E-state index in [0.717, 1.165) is 18.4 Å². The van der Waals surface area contributed by atoms with Crippen LogP contribution in [0.25, 0.3) is 0 Å². The first-order chi connectivity index (χ1) is 14.4. The summed E-state index contributed by atoms with van der Waals surface area (Å²) in [5, 5.41) is 32.9. The minimum absolute atomic E-state index is 0.385. The first-order valence-corrected chi connectivity index (χ1v) is 9.33. The molecular formula is C19H32N4O8. The topological polar surface area (TPSA) is 253 Å². The molecule has 12 nitrogen and oxygen atoms in total. The Morgan fingerprint density at radius 2 is 1.23 bits per heavy atom. The number of rotatable bonds is 11. The van der Waals surface area contributed by atoms with Gasteiger partial charge in [-0.15, -0.1) is 0 Å². The molecule has 0 aromatic heterocycles. The molecule has 0 saturated heterocycles. The van der Waals surface area contributed by atoms with E-state index in [1.807, 2.05) is 30.3 Å². The average Bonchev–Trinajstić information content (AvgIpc) is 2.69. The lowest BCUT2D eigenvalue weighted by atomic mass is 10.1. The first-order valence-electron chi connectivity index (χ1n) is 9.33. The fraction of sp³-hybridized carbons (Fsp3) is 0.474. The Kier molecular flexibility index (Phi) is 17.3. The van der Waals surface area contributed by atoms with E-state index in [1.165, 1.54) is 0 Å². The molecular weight excluding hydrogens is 412 g/mol. The van der Waals surface area contributed by atoms with Crippen LogP contribution in [0.1, 0.15) is 31.2 Å². The fourth-order valence-corrected chi connectivity index (χ4v) is 1.86. The van der Waals surface area contributed by atoms with Crippen LogP contribution in [-0.4, -0.2) is 69.0 Å². The molecule has 0 aliphatic rings. The van der Waals surface area contributed by atoms with Crippen LogP contribution in [0.5, 0.6) is 0 Å². The van der Waals surface area contributed by atoms with E-state index < -0.39 is 48.4 Å². The highest BCUT2D eigenvalue weighted by Crippen LogP contribution is 2.01. The predicted molar refractivity (Wildman–Crippen MR) is 112 cm³/mol. The second-order valence-corrected chi connectivity index (χ2v) is 6.41. The third kappa shape index (κ3) is 18.7. The maximum atomic E-state index is 10.4. The van der Waals surface area contributed by atoms with E-state index in [0.29, 0.717) is 19.4 Å². The molecule has 0 aliphatic heterocycles. The molecule has 0 amide bonds. The summed E-state index contributed by atoms with van der Waals surface area (Å²) in [4.78, 5) is 40.1. The van der Waals surface area contributed by atoms with Gasteiger partial charge in [0.15, 0.2) is 0 Å². The number of carboxylic acid groups (broad SMARTS) is 4. The van der Waals surface area contributed by atoms with Gasteiger partial charge in [-0.3, -0.25) is 19.2 Å². The number of nitrogens with two attached hydrogens (primary N) is 4. The lowest BCUT2D eigenvalue weighted by molar-refractivity contribution is -0.144. The van der Waals surface area contributed by atoms with Crippen molar-refractivity contribution in [3.63, 3.8) is 0 Å². The zero-order valence-electron chi connectivity index (χ0n) is 17.1. The van der Waals surface area contributed by atoms with Crippen LogP contribution in [0.4, 0.5) is 0 Å². The van der Waals surface area contributed by atoms with Crippen molar-refractivity contribution in [3.8, 4) is 0 Å². The number of aliphatic carboxylic acids is 4. The van der Waals surface area contributed by atoms with Gasteiger partial charge >= 0.3 is 23.9 Å². The minimum Gasteiger partial charge on any atom is -0.481 e. The molecule has 0 saturated carbocycles. The van der Waals surface area contributed by atoms with E-state index in [-0.39, 0.29) is 0 Å². The predicted octanol–water partition coefficient (Wildman–Crippen LogP) is -0.959. The molecule has 1 aromatic rings. The van der Waals surface area contributed by atoms with E-state index in [1.54, 1.807) is 0 Å². The van der Waals surface area contributed by atoms with E-state index in [2.05, 4.69) is 0 Å². The molecule has 1 aromatic carbocycles. The standard InChI is InChI=1S/C9H11NO2.C6H14N2O2.C4H7NO4/c10-8(9(11)12)6-7-4-2-1-3-5-7;7-4-2-1-3-5(8)6(9)10;5-2(4(8)9)1-3(6)7/h1-5,8H,6,10H2,(H,11,12);5H,1-4,7-8H2,(H,9,10);2H,1,5H2,(H,6,7)(H,8,9)/t8-;5-;2-/m000/s1. The summed E-state index contributed by atoms with van der Waals surface area (Å²) in [7, 11) is 0. The molecule has 12 N–H and O–H groups in total.